The molecule has 3 rings (SSSR count). The van der Waals surface area contributed by atoms with Crippen LogP contribution in [0.5, 0.6) is 0 Å². The van der Waals surface area contributed by atoms with Crippen LogP contribution >= 0.6 is 0 Å². The van der Waals surface area contributed by atoms with E-state index in [1.807, 2.05) is 19.1 Å². The second-order valence-corrected chi connectivity index (χ2v) is 14.6. The van der Waals surface area contributed by atoms with Gasteiger partial charge in [-0.1, -0.05) is 50.5 Å². The molecule has 250 valence electrons. The minimum Gasteiger partial charge on any atom is -0.393 e. The highest BCUT2D eigenvalue weighted by Gasteiger charge is 2.70. The Hall–Kier alpha value is -1.83. The van der Waals surface area contributed by atoms with E-state index in [4.69, 9.17) is 0 Å². The number of alkyl halides is 7. The molecule has 3 saturated carbocycles. The standard InChI is InChI=1S/C34H47F7O3/c1-22-24(19-26(42)20-28(22)35)11-10-23-9-6-17-31(5)25(12-13-27(23)31)21-30(4,15-7-14-29(2,3)43)16-8-18-32(44,33(36,37)38)34(39,40)41/h10-11,25-28,42-44H,1,6-7,9,12-17,19-21H2,2-5H3/b23-10+,24-11-/t25?,26-,27?,28+,30-,31-/m1/s1. The number of rotatable bonds is 8. The molecular formula is C34H47F7O3. The maximum Gasteiger partial charge on any atom is 0.438 e. The van der Waals surface area contributed by atoms with Crippen LogP contribution in [-0.2, 0) is 0 Å². The third-order valence-electron chi connectivity index (χ3n) is 10.3. The van der Waals surface area contributed by atoms with Gasteiger partial charge in [-0.25, -0.2) is 4.39 Å². The van der Waals surface area contributed by atoms with Crippen LogP contribution in [0.2, 0.25) is 0 Å². The predicted octanol–water partition coefficient (Wildman–Crippen LogP) is 8.69. The molecule has 0 aromatic carbocycles. The Morgan fingerprint density at radius 3 is 2.23 bits per heavy atom. The van der Waals surface area contributed by atoms with Crippen LogP contribution in [0.1, 0.15) is 105 Å². The van der Waals surface area contributed by atoms with E-state index in [9.17, 15) is 46.1 Å². The summed E-state index contributed by atoms with van der Waals surface area (Å²) in [5.74, 6) is 3.56. The van der Waals surface area contributed by atoms with Crippen molar-refractivity contribution in [3.8, 4) is 11.8 Å². The zero-order valence-corrected chi connectivity index (χ0v) is 26.1. The lowest BCUT2D eigenvalue weighted by molar-refractivity contribution is -0.343. The van der Waals surface area contributed by atoms with Gasteiger partial charge in [-0.15, -0.1) is 0 Å². The van der Waals surface area contributed by atoms with E-state index in [2.05, 4.69) is 19.4 Å². The average molecular weight is 637 g/mol. The average Bonchev–Trinajstić information content (AvgIpc) is 3.19. The van der Waals surface area contributed by atoms with Crippen LogP contribution in [0.4, 0.5) is 30.7 Å². The van der Waals surface area contributed by atoms with Crippen LogP contribution in [0.25, 0.3) is 0 Å². The number of hydrogen-bond acceptors (Lipinski definition) is 3. The fourth-order valence-electron chi connectivity index (χ4n) is 7.61. The number of aliphatic hydroxyl groups is 3. The molecule has 0 aromatic heterocycles. The van der Waals surface area contributed by atoms with Crippen molar-refractivity contribution in [3.63, 3.8) is 0 Å². The van der Waals surface area contributed by atoms with Gasteiger partial charge in [0.15, 0.2) is 0 Å². The molecule has 0 heterocycles. The SMILES string of the molecule is C=C1/C(=C\C=C2/CCC[C@]3(C)C(C[C@@](C)(CC#CC(O)(C(F)(F)F)C(F)(F)F)CCCC(C)(C)O)CCC23)C[C@@H](O)C[C@@H]1F. The molecule has 0 amide bonds. The predicted molar refractivity (Wildman–Crippen MR) is 156 cm³/mol. The van der Waals surface area contributed by atoms with Crippen molar-refractivity contribution < 1.29 is 46.1 Å². The summed E-state index contributed by atoms with van der Waals surface area (Å²) in [6.07, 6.45) is -3.78. The van der Waals surface area contributed by atoms with Gasteiger partial charge in [-0.2, -0.15) is 26.3 Å². The van der Waals surface area contributed by atoms with Crippen molar-refractivity contribution in [2.75, 3.05) is 0 Å². The maximum absolute atomic E-state index is 14.3. The lowest BCUT2D eigenvalue weighted by Crippen LogP contribution is -2.55. The molecule has 3 fully saturated rings. The summed E-state index contributed by atoms with van der Waals surface area (Å²) in [6.45, 7) is 11.2. The van der Waals surface area contributed by atoms with Crippen LogP contribution in [-0.4, -0.2) is 51.1 Å². The Bertz CT molecular complexity index is 1150. The molecule has 0 radical (unpaired) electrons. The molecule has 3 aliphatic rings. The van der Waals surface area contributed by atoms with Crippen LogP contribution in [0.3, 0.4) is 0 Å². The summed E-state index contributed by atoms with van der Waals surface area (Å²) < 4.78 is 93.8. The smallest absolute Gasteiger partial charge is 0.393 e. The highest BCUT2D eigenvalue weighted by atomic mass is 19.4. The third kappa shape index (κ3) is 8.30. The molecular weight excluding hydrogens is 589 g/mol. The molecule has 44 heavy (non-hydrogen) atoms. The summed E-state index contributed by atoms with van der Waals surface area (Å²) in [6, 6.07) is 0. The number of fused-ring (bicyclic) bond motifs is 1. The molecule has 10 heteroatoms. The van der Waals surface area contributed by atoms with E-state index in [1.165, 1.54) is 5.57 Å². The number of halogens is 7. The van der Waals surface area contributed by atoms with Crippen LogP contribution < -0.4 is 0 Å². The summed E-state index contributed by atoms with van der Waals surface area (Å²) in [5.41, 5.74) is -4.70. The quantitative estimate of drug-likeness (QED) is 0.185. The second-order valence-electron chi connectivity index (χ2n) is 14.6. The van der Waals surface area contributed by atoms with Gasteiger partial charge in [0, 0.05) is 12.8 Å². The molecule has 3 N–H and O–H groups in total. The fourth-order valence-corrected chi connectivity index (χ4v) is 7.61. The molecule has 3 nitrogen and oxygen atoms in total. The van der Waals surface area contributed by atoms with Crippen molar-refractivity contribution >= 4 is 0 Å². The van der Waals surface area contributed by atoms with Gasteiger partial charge in [-0.3, -0.25) is 0 Å². The van der Waals surface area contributed by atoms with Gasteiger partial charge in [-0.05, 0) is 111 Å². The number of hydrogen-bond donors (Lipinski definition) is 3. The first-order chi connectivity index (χ1) is 20.0. The summed E-state index contributed by atoms with van der Waals surface area (Å²) in [4.78, 5) is 0. The van der Waals surface area contributed by atoms with Crippen LogP contribution in [0, 0.1) is 34.5 Å². The summed E-state index contributed by atoms with van der Waals surface area (Å²) in [5, 5.41) is 29.8. The highest BCUT2D eigenvalue weighted by molar-refractivity contribution is 5.39. The summed E-state index contributed by atoms with van der Waals surface area (Å²) >= 11 is 0. The fraction of sp³-hybridized carbons (Fsp3) is 0.765. The van der Waals surface area contributed by atoms with Gasteiger partial charge < -0.3 is 15.3 Å². The first-order valence-corrected chi connectivity index (χ1v) is 15.5. The van der Waals surface area contributed by atoms with Crippen molar-refractivity contribution in [1.29, 1.82) is 0 Å². The first kappa shape index (κ1) is 36.6. The van der Waals surface area contributed by atoms with Gasteiger partial charge in [0.05, 0.1) is 11.7 Å². The Morgan fingerprint density at radius 2 is 1.64 bits per heavy atom. The monoisotopic (exact) mass is 636 g/mol. The van der Waals surface area contributed by atoms with Crippen molar-refractivity contribution in [3.05, 3.63) is 35.5 Å². The van der Waals surface area contributed by atoms with Gasteiger partial charge in [0.1, 0.15) is 6.17 Å². The topological polar surface area (TPSA) is 60.7 Å². The molecule has 2 unspecified atom stereocenters. The maximum atomic E-state index is 14.3. The van der Waals surface area contributed by atoms with Gasteiger partial charge >= 0.3 is 18.0 Å². The van der Waals surface area contributed by atoms with E-state index < -0.39 is 41.2 Å². The first-order valence-electron chi connectivity index (χ1n) is 15.5. The second kappa shape index (κ2) is 13.1. The van der Waals surface area contributed by atoms with E-state index in [0.29, 0.717) is 43.3 Å². The molecule has 6 atom stereocenters. The van der Waals surface area contributed by atoms with E-state index in [-0.39, 0.29) is 30.1 Å². The molecule has 0 saturated heterocycles. The Balaban J connectivity index is 1.87. The lowest BCUT2D eigenvalue weighted by atomic mass is 9.60. The lowest BCUT2D eigenvalue weighted by Gasteiger charge is -2.45. The number of allylic oxidation sites excluding steroid dienone is 4. The molecule has 0 spiro atoms. The summed E-state index contributed by atoms with van der Waals surface area (Å²) in [7, 11) is 0. The Kier molecular flexibility index (Phi) is 10.9. The zero-order chi connectivity index (χ0) is 33.4. The molecule has 3 aliphatic carbocycles. The molecule has 0 bridgehead atoms. The van der Waals surface area contributed by atoms with Crippen molar-refractivity contribution in [2.24, 2.45) is 22.7 Å². The van der Waals surface area contributed by atoms with Crippen molar-refractivity contribution in [2.45, 2.75) is 141 Å². The highest BCUT2D eigenvalue weighted by Crippen LogP contribution is 2.60. The van der Waals surface area contributed by atoms with Crippen molar-refractivity contribution in [1.82, 2.24) is 0 Å². The Labute approximate surface area is 256 Å². The van der Waals surface area contributed by atoms with E-state index >= 15 is 0 Å². The largest absolute Gasteiger partial charge is 0.438 e. The van der Waals surface area contributed by atoms with E-state index in [0.717, 1.165) is 38.0 Å². The zero-order valence-electron chi connectivity index (χ0n) is 26.1. The third-order valence-corrected chi connectivity index (χ3v) is 10.3. The normalized spacial score (nSPS) is 31.9. The minimum absolute atomic E-state index is 0.0414. The Morgan fingerprint density at radius 1 is 1.00 bits per heavy atom. The molecule has 0 aliphatic heterocycles. The minimum atomic E-state index is -6.00. The van der Waals surface area contributed by atoms with Gasteiger partial charge in [0.25, 0.3) is 0 Å². The van der Waals surface area contributed by atoms with Crippen LogP contribution in [0.15, 0.2) is 35.5 Å². The number of aliphatic hydroxyl groups excluding tert-OH is 1. The van der Waals surface area contributed by atoms with E-state index in [1.54, 1.807) is 13.8 Å². The molecule has 0 aromatic rings. The van der Waals surface area contributed by atoms with Gasteiger partial charge in [0.2, 0.25) is 0 Å².